The van der Waals surface area contributed by atoms with Crippen molar-refractivity contribution in [2.24, 2.45) is 0 Å². The van der Waals surface area contributed by atoms with Gasteiger partial charge in [-0.25, -0.2) is 4.79 Å². The van der Waals surface area contributed by atoms with Gasteiger partial charge in [0, 0.05) is 0 Å². The highest BCUT2D eigenvalue weighted by Crippen LogP contribution is 2.04. The third kappa shape index (κ3) is 3.65. The molecule has 3 nitrogen and oxygen atoms in total. The molecule has 0 spiro atoms. The summed E-state index contributed by atoms with van der Waals surface area (Å²) in [5.41, 5.74) is 0. The van der Waals surface area contributed by atoms with E-state index in [0.29, 0.717) is 0 Å². The normalized spacial score (nSPS) is 9.73. The Labute approximate surface area is 66.7 Å². The number of carbonyl (C=O) groups excluding carboxylic acids is 1. The molecule has 11 heavy (non-hydrogen) atoms. The van der Waals surface area contributed by atoms with Crippen LogP contribution in [0.25, 0.3) is 0 Å². The first-order chi connectivity index (χ1) is 5.11. The van der Waals surface area contributed by atoms with E-state index in [2.05, 4.69) is 6.58 Å². The molecule has 0 amide bonds. The van der Waals surface area contributed by atoms with Crippen molar-refractivity contribution in [3.05, 3.63) is 12.3 Å². The summed E-state index contributed by atoms with van der Waals surface area (Å²) in [4.78, 5) is 10.7. The standard InChI is InChI=1S/C8H14O3/c1-4-7(5-2)11-8(10)6(3)9/h7,9H,3-5H2,1-2H3. The lowest BCUT2D eigenvalue weighted by atomic mass is 10.2. The summed E-state index contributed by atoms with van der Waals surface area (Å²) in [7, 11) is 0. The van der Waals surface area contributed by atoms with E-state index in [-0.39, 0.29) is 6.10 Å². The number of hydrogen-bond donors (Lipinski definition) is 1. The van der Waals surface area contributed by atoms with Crippen molar-refractivity contribution in [3.63, 3.8) is 0 Å². The van der Waals surface area contributed by atoms with Gasteiger partial charge in [0.05, 0.1) is 0 Å². The van der Waals surface area contributed by atoms with Gasteiger partial charge in [-0.2, -0.15) is 0 Å². The van der Waals surface area contributed by atoms with Gasteiger partial charge in [0.1, 0.15) is 6.10 Å². The minimum atomic E-state index is -0.723. The molecule has 0 rings (SSSR count). The predicted molar refractivity (Wildman–Crippen MR) is 42.2 cm³/mol. The summed E-state index contributed by atoms with van der Waals surface area (Å²) in [6.07, 6.45) is 1.41. The molecule has 0 radical (unpaired) electrons. The van der Waals surface area contributed by atoms with Crippen LogP contribution in [0.5, 0.6) is 0 Å². The monoisotopic (exact) mass is 158 g/mol. The maximum Gasteiger partial charge on any atom is 0.372 e. The molecule has 3 heteroatoms. The van der Waals surface area contributed by atoms with Crippen molar-refractivity contribution in [1.29, 1.82) is 0 Å². The van der Waals surface area contributed by atoms with E-state index in [1.54, 1.807) is 0 Å². The van der Waals surface area contributed by atoms with Gasteiger partial charge in [0.25, 0.3) is 0 Å². The van der Waals surface area contributed by atoms with Crippen LogP contribution in [0.15, 0.2) is 12.3 Å². The number of hydrogen-bond acceptors (Lipinski definition) is 3. The van der Waals surface area contributed by atoms with E-state index in [1.807, 2.05) is 13.8 Å². The largest absolute Gasteiger partial charge is 0.502 e. The molecule has 0 aromatic carbocycles. The molecule has 0 aliphatic heterocycles. The van der Waals surface area contributed by atoms with Gasteiger partial charge >= 0.3 is 5.97 Å². The van der Waals surface area contributed by atoms with Crippen LogP contribution in [0.1, 0.15) is 26.7 Å². The summed E-state index contributed by atoms with van der Waals surface area (Å²) in [5.74, 6) is -1.25. The van der Waals surface area contributed by atoms with E-state index in [9.17, 15) is 4.79 Å². The summed E-state index contributed by atoms with van der Waals surface area (Å²) < 4.78 is 4.82. The summed E-state index contributed by atoms with van der Waals surface area (Å²) in [6.45, 7) is 6.89. The first kappa shape index (κ1) is 10.0. The Morgan fingerprint density at radius 2 is 2.00 bits per heavy atom. The van der Waals surface area contributed by atoms with E-state index in [0.717, 1.165) is 12.8 Å². The van der Waals surface area contributed by atoms with E-state index in [4.69, 9.17) is 9.84 Å². The van der Waals surface area contributed by atoms with Gasteiger partial charge in [-0.15, -0.1) is 0 Å². The number of carbonyl (C=O) groups is 1. The highest BCUT2D eigenvalue weighted by atomic mass is 16.6. The quantitative estimate of drug-likeness (QED) is 0.385. The zero-order valence-corrected chi connectivity index (χ0v) is 6.96. The van der Waals surface area contributed by atoms with Crippen molar-refractivity contribution in [2.45, 2.75) is 32.8 Å². The molecule has 0 aromatic rings. The lowest BCUT2D eigenvalue weighted by Crippen LogP contribution is -2.17. The first-order valence-electron chi connectivity index (χ1n) is 3.70. The van der Waals surface area contributed by atoms with Crippen LogP contribution in [-0.4, -0.2) is 17.2 Å². The Morgan fingerprint density at radius 3 is 2.27 bits per heavy atom. The highest BCUT2D eigenvalue weighted by Gasteiger charge is 2.11. The maximum atomic E-state index is 10.7. The van der Waals surface area contributed by atoms with Gasteiger partial charge < -0.3 is 9.84 Å². The fraction of sp³-hybridized carbons (Fsp3) is 0.625. The fourth-order valence-electron chi connectivity index (χ4n) is 0.675. The lowest BCUT2D eigenvalue weighted by Gasteiger charge is -2.12. The second kappa shape index (κ2) is 4.77. The van der Waals surface area contributed by atoms with E-state index < -0.39 is 11.7 Å². The minimum absolute atomic E-state index is 0.105. The Balaban J connectivity index is 3.81. The van der Waals surface area contributed by atoms with Crippen LogP contribution < -0.4 is 0 Å². The molecule has 0 aromatic heterocycles. The number of esters is 1. The number of aliphatic hydroxyl groups is 1. The van der Waals surface area contributed by atoms with Crippen molar-refractivity contribution < 1.29 is 14.6 Å². The number of rotatable bonds is 4. The Morgan fingerprint density at radius 1 is 1.55 bits per heavy atom. The van der Waals surface area contributed by atoms with Crippen LogP contribution in [0.2, 0.25) is 0 Å². The molecular formula is C8H14O3. The van der Waals surface area contributed by atoms with Crippen LogP contribution in [-0.2, 0) is 9.53 Å². The van der Waals surface area contributed by atoms with Crippen LogP contribution >= 0.6 is 0 Å². The molecule has 0 atom stereocenters. The third-order valence-electron chi connectivity index (χ3n) is 1.42. The molecule has 0 aliphatic carbocycles. The first-order valence-corrected chi connectivity index (χ1v) is 3.70. The van der Waals surface area contributed by atoms with Crippen LogP contribution in [0.4, 0.5) is 0 Å². The molecule has 0 heterocycles. The molecule has 0 unspecified atom stereocenters. The van der Waals surface area contributed by atoms with Crippen molar-refractivity contribution in [1.82, 2.24) is 0 Å². The molecular weight excluding hydrogens is 144 g/mol. The second-order valence-corrected chi connectivity index (χ2v) is 2.29. The van der Waals surface area contributed by atoms with Gasteiger partial charge in [0.15, 0.2) is 5.76 Å². The Bertz CT molecular complexity index is 147. The average molecular weight is 158 g/mol. The van der Waals surface area contributed by atoms with Crippen molar-refractivity contribution >= 4 is 5.97 Å². The van der Waals surface area contributed by atoms with Crippen LogP contribution in [0.3, 0.4) is 0 Å². The molecule has 0 bridgehead atoms. The SMILES string of the molecule is C=C(O)C(=O)OC(CC)CC. The summed E-state index contributed by atoms with van der Waals surface area (Å²) in [5, 5.41) is 8.59. The zero-order valence-electron chi connectivity index (χ0n) is 6.96. The molecule has 0 saturated heterocycles. The van der Waals surface area contributed by atoms with Crippen molar-refractivity contribution in [3.8, 4) is 0 Å². The Kier molecular flexibility index (Phi) is 4.34. The zero-order chi connectivity index (χ0) is 8.85. The molecule has 1 N–H and O–H groups in total. The average Bonchev–Trinajstić information content (AvgIpc) is 1.99. The maximum absolute atomic E-state index is 10.7. The van der Waals surface area contributed by atoms with Gasteiger partial charge in [0.2, 0.25) is 0 Å². The molecule has 64 valence electrons. The summed E-state index contributed by atoms with van der Waals surface area (Å²) >= 11 is 0. The van der Waals surface area contributed by atoms with E-state index in [1.165, 1.54) is 0 Å². The van der Waals surface area contributed by atoms with Gasteiger partial charge in [-0.1, -0.05) is 13.8 Å². The minimum Gasteiger partial charge on any atom is -0.502 e. The lowest BCUT2D eigenvalue weighted by molar-refractivity contribution is -0.147. The predicted octanol–water partition coefficient (Wildman–Crippen LogP) is 1.79. The second-order valence-electron chi connectivity index (χ2n) is 2.29. The Hall–Kier alpha value is -0.990. The highest BCUT2D eigenvalue weighted by molar-refractivity contribution is 5.85. The number of aliphatic hydroxyl groups excluding tert-OH is 1. The molecule has 0 aliphatic rings. The van der Waals surface area contributed by atoms with Crippen LogP contribution in [0, 0.1) is 0 Å². The third-order valence-corrected chi connectivity index (χ3v) is 1.42. The topological polar surface area (TPSA) is 46.5 Å². The molecule has 0 saturated carbocycles. The smallest absolute Gasteiger partial charge is 0.372 e. The van der Waals surface area contributed by atoms with E-state index >= 15 is 0 Å². The van der Waals surface area contributed by atoms with Gasteiger partial charge in [-0.3, -0.25) is 0 Å². The number of ether oxygens (including phenoxy) is 1. The molecule has 0 fully saturated rings. The van der Waals surface area contributed by atoms with Gasteiger partial charge in [-0.05, 0) is 19.4 Å². The summed E-state index contributed by atoms with van der Waals surface area (Å²) in [6, 6.07) is 0. The van der Waals surface area contributed by atoms with Crippen molar-refractivity contribution in [2.75, 3.05) is 0 Å². The fourth-order valence-corrected chi connectivity index (χ4v) is 0.675.